The summed E-state index contributed by atoms with van der Waals surface area (Å²) in [6, 6.07) is 11.6. The summed E-state index contributed by atoms with van der Waals surface area (Å²) >= 11 is 0. The van der Waals surface area contributed by atoms with Crippen LogP contribution in [0.5, 0.6) is 0 Å². The van der Waals surface area contributed by atoms with Crippen LogP contribution in [0, 0.1) is 0 Å². The molecule has 53 heavy (non-hydrogen) atoms. The number of aliphatic carboxylic acids is 2. The van der Waals surface area contributed by atoms with E-state index in [1.54, 1.807) is 9.80 Å². The van der Waals surface area contributed by atoms with Crippen LogP contribution < -0.4 is 0 Å². The summed E-state index contributed by atoms with van der Waals surface area (Å²) in [5.41, 5.74) is 5.35. The highest BCUT2D eigenvalue weighted by Crippen LogP contribution is 2.49. The van der Waals surface area contributed by atoms with Gasteiger partial charge in [-0.25, -0.2) is 9.59 Å². The summed E-state index contributed by atoms with van der Waals surface area (Å²) in [6.45, 7) is 14.6. The van der Waals surface area contributed by atoms with Gasteiger partial charge < -0.3 is 20.0 Å². The molecular weight excluding hydrogens is 676 g/mol. The van der Waals surface area contributed by atoms with E-state index in [2.05, 4.69) is 51.9 Å². The number of carbonyl (C=O) groups excluding carboxylic acids is 2. The zero-order chi connectivity index (χ0) is 39.0. The van der Waals surface area contributed by atoms with Crippen molar-refractivity contribution in [3.8, 4) is 11.1 Å². The van der Waals surface area contributed by atoms with E-state index >= 15 is 0 Å². The Kier molecular flexibility index (Phi) is 17.0. The largest absolute Gasteiger partial charge is 0.481 e. The van der Waals surface area contributed by atoms with Gasteiger partial charge in [0.05, 0.1) is 24.3 Å². The molecule has 0 aliphatic heterocycles. The minimum Gasteiger partial charge on any atom is -0.481 e. The lowest BCUT2D eigenvalue weighted by Gasteiger charge is -2.22. The third-order valence-electron chi connectivity index (χ3n) is 9.60. The van der Waals surface area contributed by atoms with Gasteiger partial charge >= 0.3 is 24.1 Å². The van der Waals surface area contributed by atoms with Crippen LogP contribution in [0.2, 0.25) is 0 Å². The van der Waals surface area contributed by atoms with Crippen LogP contribution in [0.3, 0.4) is 0 Å². The molecule has 0 unspecified atom stereocenters. The zero-order valence-corrected chi connectivity index (χ0v) is 32.4. The highest BCUT2D eigenvalue weighted by molar-refractivity contribution is 6.05. The number of rotatable bonds is 22. The molecule has 0 saturated carbocycles. The minimum absolute atomic E-state index is 0.0481. The number of carboxylic acid groups (broad SMARTS) is 2. The molecule has 0 radical (unpaired) electrons. The highest BCUT2D eigenvalue weighted by atomic mass is 16.7. The molecule has 0 fully saturated rings. The van der Waals surface area contributed by atoms with Gasteiger partial charge in [0.2, 0.25) is 0 Å². The number of hydrogen-bond donors (Lipinski definition) is 2. The standard InChI is InChI=1S/C41H58N4O8/c1-7-11-23-44(24-12-8-2)39(50)52-42-35(19-21-37(46)47)29-15-17-33-31(27-29)32-28-30(16-18-34(32)41(33,5)6)36(20-22-38(48)49)43-53-40(51)45(25-13-9-3)26-14-10-4/h15-18,27-28H,7-14,19-26H2,1-6H3,(H,46,47)(H,48,49)/b42-35+,43-36+. The van der Waals surface area contributed by atoms with Gasteiger partial charge in [-0.1, -0.05) is 102 Å². The molecule has 2 N–H and O–H groups in total. The van der Waals surface area contributed by atoms with Crippen molar-refractivity contribution in [2.24, 2.45) is 10.3 Å². The van der Waals surface area contributed by atoms with E-state index in [0.717, 1.165) is 73.6 Å². The predicted octanol–water partition coefficient (Wildman–Crippen LogP) is 9.21. The summed E-state index contributed by atoms with van der Waals surface area (Å²) in [5, 5.41) is 27.5. The number of hydrogen-bond acceptors (Lipinski definition) is 8. The van der Waals surface area contributed by atoms with E-state index in [9.17, 15) is 29.4 Å². The van der Waals surface area contributed by atoms with Gasteiger partial charge in [-0.05, 0) is 71.2 Å². The molecular formula is C41H58N4O8. The van der Waals surface area contributed by atoms with Gasteiger partial charge in [-0.2, -0.15) is 0 Å². The van der Waals surface area contributed by atoms with Crippen LogP contribution in [-0.2, 0) is 24.7 Å². The lowest BCUT2D eigenvalue weighted by atomic mass is 9.82. The molecule has 1 aliphatic rings. The molecule has 2 aromatic rings. The number of amides is 2. The summed E-state index contributed by atoms with van der Waals surface area (Å²) < 4.78 is 0. The Morgan fingerprint density at radius 2 is 0.925 bits per heavy atom. The van der Waals surface area contributed by atoms with Gasteiger partial charge in [0.25, 0.3) is 0 Å². The Hall–Kier alpha value is -4.74. The van der Waals surface area contributed by atoms with E-state index in [0.29, 0.717) is 48.7 Å². The van der Waals surface area contributed by atoms with Crippen molar-refractivity contribution in [3.63, 3.8) is 0 Å². The van der Waals surface area contributed by atoms with Crippen molar-refractivity contribution in [1.82, 2.24) is 9.80 Å². The number of fused-ring (bicyclic) bond motifs is 3. The first kappa shape index (κ1) is 42.7. The topological polar surface area (TPSA) is 158 Å². The third-order valence-corrected chi connectivity index (χ3v) is 9.60. The molecule has 0 saturated heterocycles. The van der Waals surface area contributed by atoms with Crippen molar-refractivity contribution >= 4 is 35.5 Å². The van der Waals surface area contributed by atoms with E-state index in [1.807, 2.05) is 36.4 Å². The second-order valence-electron chi connectivity index (χ2n) is 14.1. The van der Waals surface area contributed by atoms with Crippen molar-refractivity contribution in [2.75, 3.05) is 26.2 Å². The maximum Gasteiger partial charge on any atom is 0.435 e. The Bertz CT molecular complexity index is 1500. The molecule has 290 valence electrons. The van der Waals surface area contributed by atoms with E-state index in [-0.39, 0.29) is 25.7 Å². The lowest BCUT2D eigenvalue weighted by molar-refractivity contribution is -0.137. The first-order valence-electron chi connectivity index (χ1n) is 19.2. The second kappa shape index (κ2) is 21.1. The number of oxime groups is 2. The quantitative estimate of drug-likeness (QED) is 0.0688. The number of benzene rings is 2. The Morgan fingerprint density at radius 3 is 1.23 bits per heavy atom. The fourth-order valence-electron chi connectivity index (χ4n) is 6.35. The zero-order valence-electron chi connectivity index (χ0n) is 32.4. The van der Waals surface area contributed by atoms with Crippen molar-refractivity contribution in [1.29, 1.82) is 0 Å². The SMILES string of the molecule is CCCCN(CCCC)C(=O)O/N=C(\CCC(=O)O)c1ccc2c(c1)-c1cc(/C(CCC(=O)O)=N/OC(=O)N(CCCC)CCCC)ccc1C2(C)C. The molecule has 12 nitrogen and oxygen atoms in total. The average Bonchev–Trinajstić information content (AvgIpc) is 3.36. The third kappa shape index (κ3) is 12.2. The smallest absolute Gasteiger partial charge is 0.435 e. The maximum atomic E-state index is 13.1. The van der Waals surface area contributed by atoms with Crippen molar-refractivity contribution in [2.45, 2.75) is 124 Å². The summed E-state index contributed by atoms with van der Waals surface area (Å²) in [5.74, 6) is -2.00. The number of carbonyl (C=O) groups is 4. The predicted molar refractivity (Wildman–Crippen MR) is 207 cm³/mol. The van der Waals surface area contributed by atoms with Crippen LogP contribution in [0.15, 0.2) is 46.7 Å². The van der Waals surface area contributed by atoms with Crippen LogP contribution >= 0.6 is 0 Å². The number of carboxylic acids is 2. The minimum atomic E-state index is -0.999. The summed E-state index contributed by atoms with van der Waals surface area (Å²) in [6.07, 6.45) is 5.58. The molecule has 0 spiro atoms. The number of nitrogens with zero attached hydrogens (tertiary/aromatic N) is 4. The highest BCUT2D eigenvalue weighted by Gasteiger charge is 2.36. The van der Waals surface area contributed by atoms with Crippen LogP contribution in [0.25, 0.3) is 11.1 Å². The molecule has 2 amide bonds. The molecule has 0 heterocycles. The molecule has 3 rings (SSSR count). The lowest BCUT2D eigenvalue weighted by Crippen LogP contribution is -2.32. The monoisotopic (exact) mass is 734 g/mol. The van der Waals surface area contributed by atoms with Gasteiger partial charge in [-0.3, -0.25) is 19.3 Å². The fourth-order valence-corrected chi connectivity index (χ4v) is 6.35. The first-order valence-corrected chi connectivity index (χ1v) is 19.2. The Morgan fingerprint density at radius 1 is 0.585 bits per heavy atom. The molecule has 1 aliphatic carbocycles. The van der Waals surface area contributed by atoms with Crippen LogP contribution in [0.1, 0.15) is 141 Å². The van der Waals surface area contributed by atoms with Crippen LogP contribution in [-0.4, -0.2) is 81.7 Å². The molecule has 0 atom stereocenters. The molecule has 12 heteroatoms. The Balaban J connectivity index is 2.04. The van der Waals surface area contributed by atoms with Crippen LogP contribution in [0.4, 0.5) is 9.59 Å². The fraction of sp³-hybridized carbons (Fsp3) is 0.561. The second-order valence-corrected chi connectivity index (χ2v) is 14.1. The van der Waals surface area contributed by atoms with E-state index < -0.39 is 29.5 Å². The molecule has 0 aromatic heterocycles. The first-order chi connectivity index (χ1) is 25.4. The van der Waals surface area contributed by atoms with E-state index in [1.165, 1.54) is 0 Å². The summed E-state index contributed by atoms with van der Waals surface area (Å²) in [7, 11) is 0. The average molecular weight is 735 g/mol. The Labute approximate surface area is 314 Å². The maximum absolute atomic E-state index is 13.1. The van der Waals surface area contributed by atoms with Gasteiger partial charge in [-0.15, -0.1) is 0 Å². The van der Waals surface area contributed by atoms with Gasteiger partial charge in [0, 0.05) is 44.4 Å². The van der Waals surface area contributed by atoms with Gasteiger partial charge in [0.15, 0.2) is 0 Å². The summed E-state index contributed by atoms with van der Waals surface area (Å²) in [4.78, 5) is 63.6. The van der Waals surface area contributed by atoms with E-state index in [4.69, 9.17) is 9.68 Å². The van der Waals surface area contributed by atoms with Crippen molar-refractivity contribution < 1.29 is 39.1 Å². The van der Waals surface area contributed by atoms with Crippen molar-refractivity contribution in [3.05, 3.63) is 58.7 Å². The number of unbranched alkanes of at least 4 members (excludes halogenated alkanes) is 4. The normalized spacial score (nSPS) is 13.2. The molecule has 0 bridgehead atoms. The van der Waals surface area contributed by atoms with Gasteiger partial charge in [0.1, 0.15) is 0 Å². The molecule has 2 aromatic carbocycles.